The third-order valence-electron chi connectivity index (χ3n) is 4.25. The molecule has 3 fully saturated rings. The van der Waals surface area contributed by atoms with Crippen molar-refractivity contribution in [1.82, 2.24) is 9.97 Å². The molecule has 1 aromatic heterocycles. The molecule has 1 saturated carbocycles. The smallest absolute Gasteiger partial charge is 0.117 e. The summed E-state index contributed by atoms with van der Waals surface area (Å²) in [5.41, 5.74) is 1.60. The molecule has 1 aliphatic carbocycles. The van der Waals surface area contributed by atoms with Gasteiger partial charge in [-0.1, -0.05) is 18.2 Å². The maximum Gasteiger partial charge on any atom is 0.117 e. The fourth-order valence-corrected chi connectivity index (χ4v) is 4.71. The third kappa shape index (κ3) is 1.85. The zero-order valence-corrected chi connectivity index (χ0v) is 11.7. The number of thioether (sulfide) groups is 1. The Morgan fingerprint density at radius 2 is 2.11 bits per heavy atom. The number of benzene rings is 1. The molecule has 98 valence electrons. The number of ether oxygens (including phenoxy) is 1. The monoisotopic (exact) mass is 272 g/mol. The second kappa shape index (κ2) is 3.93. The summed E-state index contributed by atoms with van der Waals surface area (Å²) in [6, 6.07) is 8.21. The van der Waals surface area contributed by atoms with E-state index in [1.807, 2.05) is 30.0 Å². The predicted molar refractivity (Wildman–Crippen MR) is 76.3 cm³/mol. The minimum Gasteiger partial charge on any atom is -0.375 e. The molecule has 3 heterocycles. The van der Waals surface area contributed by atoms with E-state index in [2.05, 4.69) is 23.0 Å². The Hall–Kier alpha value is -1.13. The largest absolute Gasteiger partial charge is 0.375 e. The summed E-state index contributed by atoms with van der Waals surface area (Å²) in [5, 5.41) is 2.26. The highest BCUT2D eigenvalue weighted by Gasteiger charge is 2.59. The van der Waals surface area contributed by atoms with Crippen molar-refractivity contribution in [2.45, 2.75) is 30.4 Å². The van der Waals surface area contributed by atoms with Gasteiger partial charge in [-0.05, 0) is 25.8 Å². The predicted octanol–water partition coefficient (Wildman–Crippen LogP) is 3.29. The number of fused-ring (bicyclic) bond motifs is 2. The number of para-hydroxylation sites is 1. The minimum atomic E-state index is 0.175. The lowest BCUT2D eigenvalue weighted by atomic mass is 9.64. The van der Waals surface area contributed by atoms with Crippen LogP contribution < -0.4 is 0 Å². The van der Waals surface area contributed by atoms with E-state index in [4.69, 9.17) is 4.74 Å². The van der Waals surface area contributed by atoms with Gasteiger partial charge in [0, 0.05) is 16.6 Å². The summed E-state index contributed by atoms with van der Waals surface area (Å²) < 4.78 is 5.85. The van der Waals surface area contributed by atoms with Gasteiger partial charge in [-0.25, -0.2) is 9.97 Å². The van der Waals surface area contributed by atoms with Gasteiger partial charge < -0.3 is 4.74 Å². The van der Waals surface area contributed by atoms with Crippen LogP contribution in [0, 0.1) is 5.41 Å². The SMILES string of the molecule is CC12CC(CSc3ncnc4ccccc34)(CO1)C2. The number of hydrogen-bond acceptors (Lipinski definition) is 4. The van der Waals surface area contributed by atoms with Crippen molar-refractivity contribution < 1.29 is 4.74 Å². The lowest BCUT2D eigenvalue weighted by Crippen LogP contribution is -2.43. The molecule has 2 aliphatic heterocycles. The van der Waals surface area contributed by atoms with Gasteiger partial charge >= 0.3 is 0 Å². The van der Waals surface area contributed by atoms with Crippen LogP contribution in [0.4, 0.5) is 0 Å². The van der Waals surface area contributed by atoms with Crippen LogP contribution in [-0.4, -0.2) is 27.9 Å². The standard InChI is InChI=1S/C15H16N2OS/c1-14-6-15(7-14,8-18-14)9-19-13-11-4-2-3-5-12(11)16-10-17-13/h2-5,10H,6-9H2,1H3. The molecular weight excluding hydrogens is 256 g/mol. The van der Waals surface area contributed by atoms with Gasteiger partial charge in [0.2, 0.25) is 0 Å². The Labute approximate surface area is 116 Å². The van der Waals surface area contributed by atoms with Crippen molar-refractivity contribution in [3.05, 3.63) is 30.6 Å². The minimum absolute atomic E-state index is 0.175. The number of rotatable bonds is 3. The molecule has 19 heavy (non-hydrogen) atoms. The van der Waals surface area contributed by atoms with Crippen LogP contribution in [0.3, 0.4) is 0 Å². The Kier molecular flexibility index (Phi) is 2.42. The van der Waals surface area contributed by atoms with Crippen LogP contribution in [0.2, 0.25) is 0 Å². The molecule has 5 rings (SSSR count). The van der Waals surface area contributed by atoms with E-state index >= 15 is 0 Å². The first kappa shape index (κ1) is 11.7. The highest BCUT2D eigenvalue weighted by molar-refractivity contribution is 7.99. The van der Waals surface area contributed by atoms with E-state index < -0.39 is 0 Å². The number of aromatic nitrogens is 2. The summed E-state index contributed by atoms with van der Waals surface area (Å²) >= 11 is 1.85. The van der Waals surface area contributed by atoms with Crippen LogP contribution in [0.15, 0.2) is 35.6 Å². The fraction of sp³-hybridized carbons (Fsp3) is 0.467. The van der Waals surface area contributed by atoms with Gasteiger partial charge in [0.1, 0.15) is 11.4 Å². The number of nitrogens with zero attached hydrogens (tertiary/aromatic N) is 2. The van der Waals surface area contributed by atoms with Crippen molar-refractivity contribution >= 4 is 22.7 Å². The van der Waals surface area contributed by atoms with Gasteiger partial charge in [0.25, 0.3) is 0 Å². The molecule has 2 bridgehead atoms. The second-order valence-electron chi connectivity index (χ2n) is 6.08. The zero-order valence-electron chi connectivity index (χ0n) is 10.9. The number of hydrogen-bond donors (Lipinski definition) is 0. The lowest BCUT2D eigenvalue weighted by Gasteiger charge is -2.42. The van der Waals surface area contributed by atoms with E-state index in [1.54, 1.807) is 6.33 Å². The first-order chi connectivity index (χ1) is 9.18. The summed E-state index contributed by atoms with van der Waals surface area (Å²) in [6.07, 6.45) is 4.07. The first-order valence-corrected chi connectivity index (χ1v) is 7.63. The van der Waals surface area contributed by atoms with E-state index in [1.165, 1.54) is 12.8 Å². The van der Waals surface area contributed by atoms with E-state index in [-0.39, 0.29) is 5.60 Å². The van der Waals surface area contributed by atoms with E-state index in [9.17, 15) is 0 Å². The van der Waals surface area contributed by atoms with Crippen LogP contribution in [0.5, 0.6) is 0 Å². The van der Waals surface area contributed by atoms with Crippen molar-refractivity contribution in [3.63, 3.8) is 0 Å². The normalized spacial score (nSPS) is 32.5. The molecule has 3 nitrogen and oxygen atoms in total. The summed E-state index contributed by atoms with van der Waals surface area (Å²) in [7, 11) is 0. The topological polar surface area (TPSA) is 35.0 Å². The molecule has 2 saturated heterocycles. The van der Waals surface area contributed by atoms with Crippen molar-refractivity contribution in [2.24, 2.45) is 5.41 Å². The molecule has 0 atom stereocenters. The second-order valence-corrected chi connectivity index (χ2v) is 7.04. The van der Waals surface area contributed by atoms with E-state index in [0.29, 0.717) is 5.41 Å². The Balaban J connectivity index is 1.56. The Bertz CT molecular complexity index is 632. The third-order valence-corrected chi connectivity index (χ3v) is 5.60. The Morgan fingerprint density at radius 1 is 1.26 bits per heavy atom. The molecule has 3 aliphatic rings. The molecule has 4 heteroatoms. The van der Waals surface area contributed by atoms with Gasteiger partial charge in [0.15, 0.2) is 0 Å². The van der Waals surface area contributed by atoms with Gasteiger partial charge in [-0.3, -0.25) is 0 Å². The molecule has 0 radical (unpaired) electrons. The summed E-state index contributed by atoms with van der Waals surface area (Å²) in [5.74, 6) is 1.10. The lowest BCUT2D eigenvalue weighted by molar-refractivity contribution is 0.00797. The maximum atomic E-state index is 5.85. The van der Waals surface area contributed by atoms with E-state index in [0.717, 1.165) is 28.3 Å². The van der Waals surface area contributed by atoms with Crippen LogP contribution >= 0.6 is 11.8 Å². The molecule has 0 unspecified atom stereocenters. The van der Waals surface area contributed by atoms with Gasteiger partial charge in [-0.2, -0.15) is 0 Å². The van der Waals surface area contributed by atoms with Crippen molar-refractivity contribution in [3.8, 4) is 0 Å². The Morgan fingerprint density at radius 3 is 2.89 bits per heavy atom. The molecular formula is C15H16N2OS. The highest BCUT2D eigenvalue weighted by Crippen LogP contribution is 2.59. The average Bonchev–Trinajstić information content (AvgIpc) is 2.90. The quantitative estimate of drug-likeness (QED) is 0.634. The van der Waals surface area contributed by atoms with Crippen LogP contribution in [0.25, 0.3) is 10.9 Å². The van der Waals surface area contributed by atoms with Gasteiger partial charge in [0.05, 0.1) is 17.7 Å². The van der Waals surface area contributed by atoms with Gasteiger partial charge in [-0.15, -0.1) is 11.8 Å². The molecule has 1 aromatic carbocycles. The molecule has 0 spiro atoms. The average molecular weight is 272 g/mol. The summed E-state index contributed by atoms with van der Waals surface area (Å²) in [4.78, 5) is 8.76. The van der Waals surface area contributed by atoms with Crippen LogP contribution in [-0.2, 0) is 4.74 Å². The molecule has 0 amide bonds. The van der Waals surface area contributed by atoms with Crippen molar-refractivity contribution in [1.29, 1.82) is 0 Å². The molecule has 2 aromatic rings. The zero-order chi connectivity index (χ0) is 12.9. The van der Waals surface area contributed by atoms with Crippen LogP contribution in [0.1, 0.15) is 19.8 Å². The summed E-state index contributed by atoms with van der Waals surface area (Å²) in [6.45, 7) is 3.14. The highest BCUT2D eigenvalue weighted by atomic mass is 32.2. The first-order valence-electron chi connectivity index (χ1n) is 6.65. The molecule has 0 N–H and O–H groups in total. The van der Waals surface area contributed by atoms with Crippen molar-refractivity contribution in [2.75, 3.05) is 12.4 Å². The fourth-order valence-electron chi connectivity index (χ4n) is 3.53. The maximum absolute atomic E-state index is 5.85.